The highest BCUT2D eigenvalue weighted by molar-refractivity contribution is 5.94. The van der Waals surface area contributed by atoms with Crippen molar-refractivity contribution in [2.45, 2.75) is 33.2 Å². The minimum Gasteiger partial charge on any atom is -0.335 e. The monoisotopic (exact) mass is 384 g/mol. The highest BCUT2D eigenvalue weighted by Crippen LogP contribution is 2.26. The lowest BCUT2D eigenvalue weighted by molar-refractivity contribution is 0.0726. The van der Waals surface area contributed by atoms with Crippen molar-refractivity contribution in [2.24, 2.45) is 0 Å². The Morgan fingerprint density at radius 1 is 1.21 bits per heavy atom. The van der Waals surface area contributed by atoms with Crippen LogP contribution in [0.15, 0.2) is 54.9 Å². The van der Waals surface area contributed by atoms with Gasteiger partial charge in [0.05, 0.1) is 17.3 Å². The van der Waals surface area contributed by atoms with Crippen molar-refractivity contribution in [1.82, 2.24) is 14.9 Å². The Hall–Kier alpha value is -3.52. The standard InChI is InChI=1S/C24H24N4O/c1-5-22(20-7-6-12-26-15-20)28(4)24(29)19-10-8-18(9-11-19)23-21(14-25)13-16(2)17(3)27-23/h6-13,15,22H,5H2,1-4H3/t22-/m1/s1. The van der Waals surface area contributed by atoms with E-state index < -0.39 is 0 Å². The van der Waals surface area contributed by atoms with Crippen LogP contribution in [-0.2, 0) is 0 Å². The van der Waals surface area contributed by atoms with Gasteiger partial charge >= 0.3 is 0 Å². The molecule has 3 aromatic rings. The molecule has 3 rings (SSSR count). The van der Waals surface area contributed by atoms with Crippen LogP contribution in [0.5, 0.6) is 0 Å². The van der Waals surface area contributed by atoms with E-state index >= 15 is 0 Å². The van der Waals surface area contributed by atoms with Crippen molar-refractivity contribution in [3.05, 3.63) is 82.8 Å². The molecule has 0 saturated carbocycles. The van der Waals surface area contributed by atoms with Gasteiger partial charge in [-0.05, 0) is 55.7 Å². The van der Waals surface area contributed by atoms with Crippen LogP contribution in [0.4, 0.5) is 0 Å². The molecule has 0 aliphatic carbocycles. The molecule has 0 aliphatic rings. The zero-order valence-corrected chi connectivity index (χ0v) is 17.2. The third kappa shape index (κ3) is 4.17. The number of rotatable bonds is 5. The minimum absolute atomic E-state index is 0.0394. The van der Waals surface area contributed by atoms with Crippen LogP contribution in [0, 0.1) is 25.2 Å². The van der Waals surface area contributed by atoms with Crippen molar-refractivity contribution < 1.29 is 4.79 Å². The van der Waals surface area contributed by atoms with Crippen LogP contribution in [0.2, 0.25) is 0 Å². The second-order valence-corrected chi connectivity index (χ2v) is 7.10. The lowest BCUT2D eigenvalue weighted by Gasteiger charge is -2.27. The van der Waals surface area contributed by atoms with Crippen LogP contribution in [0.3, 0.4) is 0 Å². The maximum atomic E-state index is 13.0. The molecule has 5 heteroatoms. The zero-order valence-electron chi connectivity index (χ0n) is 17.2. The molecule has 0 unspecified atom stereocenters. The molecule has 0 spiro atoms. The molecule has 5 nitrogen and oxygen atoms in total. The molecule has 1 aromatic carbocycles. The summed E-state index contributed by atoms with van der Waals surface area (Å²) in [6, 6.07) is 15.2. The molecule has 0 radical (unpaired) electrons. The Labute approximate surface area is 171 Å². The zero-order chi connectivity index (χ0) is 21.0. The van der Waals surface area contributed by atoms with E-state index in [-0.39, 0.29) is 11.9 Å². The topological polar surface area (TPSA) is 69.9 Å². The lowest BCUT2D eigenvalue weighted by Crippen LogP contribution is -2.31. The minimum atomic E-state index is -0.0548. The predicted molar refractivity (Wildman–Crippen MR) is 113 cm³/mol. The normalized spacial score (nSPS) is 11.6. The van der Waals surface area contributed by atoms with Crippen molar-refractivity contribution in [2.75, 3.05) is 7.05 Å². The molecule has 1 amide bonds. The van der Waals surface area contributed by atoms with Crippen LogP contribution >= 0.6 is 0 Å². The summed E-state index contributed by atoms with van der Waals surface area (Å²) in [5.74, 6) is -0.0548. The fourth-order valence-electron chi connectivity index (χ4n) is 3.43. The number of hydrogen-bond donors (Lipinski definition) is 0. The number of carbonyl (C=O) groups excluding carboxylic acids is 1. The van der Waals surface area contributed by atoms with E-state index in [0.717, 1.165) is 28.8 Å². The van der Waals surface area contributed by atoms with Gasteiger partial charge in [0.1, 0.15) is 6.07 Å². The summed E-state index contributed by atoms with van der Waals surface area (Å²) in [5, 5.41) is 9.45. The van der Waals surface area contributed by atoms with E-state index in [0.29, 0.717) is 16.8 Å². The summed E-state index contributed by atoms with van der Waals surface area (Å²) < 4.78 is 0. The van der Waals surface area contributed by atoms with Gasteiger partial charge < -0.3 is 4.90 Å². The van der Waals surface area contributed by atoms with Gasteiger partial charge in [0.15, 0.2) is 0 Å². The van der Waals surface area contributed by atoms with Gasteiger partial charge in [-0.2, -0.15) is 5.26 Å². The molecule has 0 saturated heterocycles. The Bertz CT molecular complexity index is 1050. The summed E-state index contributed by atoms with van der Waals surface area (Å²) >= 11 is 0. The quantitative estimate of drug-likeness (QED) is 0.630. The third-order valence-corrected chi connectivity index (χ3v) is 5.24. The van der Waals surface area contributed by atoms with Crippen LogP contribution < -0.4 is 0 Å². The maximum absolute atomic E-state index is 13.0. The SMILES string of the molecule is CC[C@H](c1cccnc1)N(C)C(=O)c1ccc(-c2nc(C)c(C)cc2C#N)cc1. The van der Waals surface area contributed by atoms with Gasteiger partial charge in [-0.15, -0.1) is 0 Å². The first kappa shape index (κ1) is 20.2. The van der Waals surface area contributed by atoms with Crippen LogP contribution in [-0.4, -0.2) is 27.8 Å². The number of carbonyl (C=O) groups is 1. The second-order valence-electron chi connectivity index (χ2n) is 7.10. The number of nitrogens with zero attached hydrogens (tertiary/aromatic N) is 4. The van der Waals surface area contributed by atoms with Crippen LogP contribution in [0.25, 0.3) is 11.3 Å². The molecule has 2 aromatic heterocycles. The molecule has 29 heavy (non-hydrogen) atoms. The van der Waals surface area contributed by atoms with Gasteiger partial charge in [-0.1, -0.05) is 25.1 Å². The summed E-state index contributed by atoms with van der Waals surface area (Å²) in [6.07, 6.45) is 4.33. The molecular weight excluding hydrogens is 360 g/mol. The number of hydrogen-bond acceptors (Lipinski definition) is 4. The fraction of sp³-hybridized carbons (Fsp3) is 0.250. The van der Waals surface area contributed by atoms with E-state index in [4.69, 9.17) is 0 Å². The highest BCUT2D eigenvalue weighted by atomic mass is 16.2. The molecule has 2 heterocycles. The Balaban J connectivity index is 1.88. The predicted octanol–water partition coefficient (Wildman–Crippen LogP) is 4.86. The summed E-state index contributed by atoms with van der Waals surface area (Å²) in [6.45, 7) is 5.92. The Morgan fingerprint density at radius 2 is 1.93 bits per heavy atom. The highest BCUT2D eigenvalue weighted by Gasteiger charge is 2.21. The molecule has 0 aliphatic heterocycles. The fourth-order valence-corrected chi connectivity index (χ4v) is 3.43. The number of aryl methyl sites for hydroxylation is 2. The van der Waals surface area contributed by atoms with E-state index in [9.17, 15) is 10.1 Å². The summed E-state index contributed by atoms with van der Waals surface area (Å²) in [5.41, 5.74) is 5.49. The van der Waals surface area contributed by atoms with E-state index in [1.165, 1.54) is 0 Å². The Morgan fingerprint density at radius 3 is 2.52 bits per heavy atom. The van der Waals surface area contributed by atoms with Crippen molar-refractivity contribution in [1.29, 1.82) is 5.26 Å². The third-order valence-electron chi connectivity index (χ3n) is 5.24. The van der Waals surface area contributed by atoms with Gasteiger partial charge in [0, 0.05) is 36.3 Å². The van der Waals surface area contributed by atoms with Gasteiger partial charge in [-0.3, -0.25) is 14.8 Å². The first-order chi connectivity index (χ1) is 14.0. The second kappa shape index (κ2) is 8.66. The smallest absolute Gasteiger partial charge is 0.254 e. The van der Waals surface area contributed by atoms with E-state index in [1.807, 2.05) is 51.2 Å². The molecule has 146 valence electrons. The molecule has 0 bridgehead atoms. The van der Waals surface area contributed by atoms with Crippen molar-refractivity contribution in [3.8, 4) is 17.3 Å². The summed E-state index contributed by atoms with van der Waals surface area (Å²) in [4.78, 5) is 23.5. The van der Waals surface area contributed by atoms with Crippen molar-refractivity contribution in [3.63, 3.8) is 0 Å². The molecule has 0 fully saturated rings. The van der Waals surface area contributed by atoms with Crippen molar-refractivity contribution >= 4 is 5.91 Å². The number of pyridine rings is 2. The number of aromatic nitrogens is 2. The number of benzene rings is 1. The van der Waals surface area contributed by atoms with Gasteiger partial charge in [-0.25, -0.2) is 0 Å². The van der Waals surface area contributed by atoms with Gasteiger partial charge in [0.25, 0.3) is 5.91 Å². The summed E-state index contributed by atoms with van der Waals surface area (Å²) in [7, 11) is 1.82. The maximum Gasteiger partial charge on any atom is 0.254 e. The average molecular weight is 384 g/mol. The molecular formula is C24H24N4O. The first-order valence-electron chi connectivity index (χ1n) is 9.62. The molecule has 1 atom stereocenters. The largest absolute Gasteiger partial charge is 0.335 e. The van der Waals surface area contributed by atoms with Crippen LogP contribution in [0.1, 0.15) is 52.1 Å². The van der Waals surface area contributed by atoms with E-state index in [1.54, 1.807) is 29.4 Å². The Kier molecular flexibility index (Phi) is 6.04. The number of nitriles is 1. The molecule has 0 N–H and O–H groups in total. The van der Waals surface area contributed by atoms with E-state index in [2.05, 4.69) is 23.0 Å². The lowest BCUT2D eigenvalue weighted by atomic mass is 10.0. The van der Waals surface area contributed by atoms with Gasteiger partial charge in [0.2, 0.25) is 0 Å². The number of amides is 1. The first-order valence-corrected chi connectivity index (χ1v) is 9.62. The average Bonchev–Trinajstić information content (AvgIpc) is 2.76.